The highest BCUT2D eigenvalue weighted by atomic mass is 35.5. The second-order valence-corrected chi connectivity index (χ2v) is 6.83. The fourth-order valence-corrected chi connectivity index (χ4v) is 3.27. The summed E-state index contributed by atoms with van der Waals surface area (Å²) < 4.78 is 11.9. The highest BCUT2D eigenvalue weighted by Gasteiger charge is 2.13. The summed E-state index contributed by atoms with van der Waals surface area (Å²) >= 11 is 6.01. The van der Waals surface area contributed by atoms with E-state index in [4.69, 9.17) is 21.1 Å². The number of ether oxygens (including phenoxy) is 2. The van der Waals surface area contributed by atoms with Gasteiger partial charge < -0.3 is 14.5 Å². The molecule has 0 atom stereocenters. The van der Waals surface area contributed by atoms with E-state index in [1.807, 2.05) is 43.5 Å². The van der Waals surface area contributed by atoms with Crippen molar-refractivity contribution in [3.8, 4) is 11.5 Å². The molecule has 0 radical (unpaired) electrons. The van der Waals surface area contributed by atoms with Crippen LogP contribution < -0.4 is 9.47 Å². The molecular weight excluding hydrogens is 384 g/mol. The van der Waals surface area contributed by atoms with Crippen molar-refractivity contribution >= 4 is 22.6 Å². The fraction of sp³-hybridized carbons (Fsp3) is 0.208. The van der Waals surface area contributed by atoms with Crippen LogP contribution in [0.1, 0.15) is 24.5 Å². The molecule has 0 aliphatic carbocycles. The number of nitrogens with one attached hydrogen (secondary N) is 1. The molecule has 0 spiro atoms. The number of halogens is 1. The number of H-pyrrole nitrogens is 1. The number of benzene rings is 1. The van der Waals surface area contributed by atoms with Crippen LogP contribution in [0.25, 0.3) is 11.0 Å². The Kier molecular flexibility index (Phi) is 7.54. The van der Waals surface area contributed by atoms with Gasteiger partial charge in [-0.15, -0.1) is 0 Å². The lowest BCUT2D eigenvalue weighted by molar-refractivity contribution is 0.279. The number of para-hydroxylation sites is 1. The summed E-state index contributed by atoms with van der Waals surface area (Å²) in [6.07, 6.45) is 12.5. The third kappa shape index (κ3) is 5.52. The number of aromatic nitrogens is 2. The second kappa shape index (κ2) is 10.5. The summed E-state index contributed by atoms with van der Waals surface area (Å²) in [4.78, 5) is 7.59. The minimum atomic E-state index is 0.537. The SMILES string of the molecule is C=C/C=C(Cl)\C=C/CCOc1cccc(Cc2c[nH]c3ncccc23)c1OCC. The van der Waals surface area contributed by atoms with Crippen LogP contribution in [0.2, 0.25) is 0 Å². The van der Waals surface area contributed by atoms with Gasteiger partial charge in [-0.25, -0.2) is 4.98 Å². The van der Waals surface area contributed by atoms with Gasteiger partial charge in [0.15, 0.2) is 11.5 Å². The normalized spacial score (nSPS) is 11.9. The maximum absolute atomic E-state index is 6.01. The number of allylic oxidation sites excluding steroid dienone is 4. The molecule has 0 saturated heterocycles. The number of rotatable bonds is 10. The Morgan fingerprint density at radius 2 is 2.10 bits per heavy atom. The van der Waals surface area contributed by atoms with Gasteiger partial charge in [-0.2, -0.15) is 0 Å². The van der Waals surface area contributed by atoms with Crippen LogP contribution >= 0.6 is 11.6 Å². The first kappa shape index (κ1) is 20.7. The van der Waals surface area contributed by atoms with Crippen LogP contribution in [0, 0.1) is 0 Å². The number of pyridine rings is 1. The summed E-state index contributed by atoms with van der Waals surface area (Å²) in [7, 11) is 0. The Bertz CT molecular complexity index is 1020. The molecule has 5 heteroatoms. The molecule has 1 N–H and O–H groups in total. The van der Waals surface area contributed by atoms with Crippen LogP contribution in [0.5, 0.6) is 11.5 Å². The van der Waals surface area contributed by atoms with Crippen LogP contribution in [0.15, 0.2) is 78.6 Å². The smallest absolute Gasteiger partial charge is 0.164 e. The zero-order valence-corrected chi connectivity index (χ0v) is 17.3. The predicted octanol–water partition coefficient (Wildman–Crippen LogP) is 6.19. The Hall–Kier alpha value is -2.98. The van der Waals surface area contributed by atoms with Crippen LogP contribution in [-0.2, 0) is 6.42 Å². The maximum atomic E-state index is 6.01. The highest BCUT2D eigenvalue weighted by Crippen LogP contribution is 2.34. The van der Waals surface area contributed by atoms with E-state index in [-0.39, 0.29) is 0 Å². The minimum absolute atomic E-state index is 0.537. The average Bonchev–Trinajstić information content (AvgIpc) is 3.13. The monoisotopic (exact) mass is 408 g/mol. The zero-order chi connectivity index (χ0) is 20.5. The number of fused-ring (bicyclic) bond motifs is 1. The molecule has 0 fully saturated rings. The van der Waals surface area contributed by atoms with Crippen LogP contribution in [-0.4, -0.2) is 23.2 Å². The molecule has 2 aromatic heterocycles. The van der Waals surface area contributed by atoms with Crippen molar-refractivity contribution in [2.45, 2.75) is 19.8 Å². The van der Waals surface area contributed by atoms with Gasteiger partial charge in [0.2, 0.25) is 0 Å². The summed E-state index contributed by atoms with van der Waals surface area (Å²) in [5, 5.41) is 1.76. The Labute approximate surface area is 176 Å². The first-order valence-corrected chi connectivity index (χ1v) is 10.0. The molecule has 4 nitrogen and oxygen atoms in total. The van der Waals surface area contributed by atoms with Crippen LogP contribution in [0.3, 0.4) is 0 Å². The Morgan fingerprint density at radius 3 is 2.93 bits per heavy atom. The average molecular weight is 409 g/mol. The van der Waals surface area contributed by atoms with Crippen molar-refractivity contribution in [1.82, 2.24) is 9.97 Å². The molecule has 2 heterocycles. The van der Waals surface area contributed by atoms with E-state index in [2.05, 4.69) is 28.7 Å². The van der Waals surface area contributed by atoms with E-state index in [9.17, 15) is 0 Å². The lowest BCUT2D eigenvalue weighted by Crippen LogP contribution is -2.03. The molecule has 0 amide bonds. The fourth-order valence-electron chi connectivity index (χ4n) is 3.09. The van der Waals surface area contributed by atoms with Gasteiger partial charge in [-0.05, 0) is 49.3 Å². The van der Waals surface area contributed by atoms with E-state index in [1.54, 1.807) is 18.3 Å². The van der Waals surface area contributed by atoms with Gasteiger partial charge in [0.25, 0.3) is 0 Å². The molecule has 1 aromatic carbocycles. The number of nitrogens with zero attached hydrogens (tertiary/aromatic N) is 1. The van der Waals surface area contributed by atoms with Gasteiger partial charge in [-0.1, -0.05) is 42.5 Å². The van der Waals surface area contributed by atoms with Crippen LogP contribution in [0.4, 0.5) is 0 Å². The Balaban J connectivity index is 1.73. The van der Waals surface area contributed by atoms with Gasteiger partial charge in [0.05, 0.1) is 13.2 Å². The highest BCUT2D eigenvalue weighted by molar-refractivity contribution is 6.31. The van der Waals surface area contributed by atoms with Gasteiger partial charge in [0.1, 0.15) is 5.65 Å². The molecule has 3 rings (SSSR count). The van der Waals surface area contributed by atoms with E-state index in [0.717, 1.165) is 40.9 Å². The molecule has 150 valence electrons. The van der Waals surface area contributed by atoms with Crippen molar-refractivity contribution in [1.29, 1.82) is 0 Å². The standard InChI is InChI=1S/C24H25ClN2O2/c1-3-9-20(25)11-5-6-15-29-22-13-7-10-18(23(22)28-4-2)16-19-17-27-24-21(19)12-8-14-26-24/h3,5,7-14,17H,1,4,6,15-16H2,2H3,(H,26,27)/b11-5-,20-9+. The number of hydrogen-bond acceptors (Lipinski definition) is 3. The predicted molar refractivity (Wildman–Crippen MR) is 120 cm³/mol. The van der Waals surface area contributed by atoms with Gasteiger partial charge in [-0.3, -0.25) is 0 Å². The molecule has 29 heavy (non-hydrogen) atoms. The van der Waals surface area contributed by atoms with Crippen molar-refractivity contribution in [3.05, 3.63) is 89.8 Å². The molecule has 0 unspecified atom stereocenters. The van der Waals surface area contributed by atoms with E-state index in [1.165, 1.54) is 5.56 Å². The second-order valence-electron chi connectivity index (χ2n) is 6.39. The molecule has 0 aliphatic heterocycles. The summed E-state index contributed by atoms with van der Waals surface area (Å²) in [5.41, 5.74) is 3.16. The van der Waals surface area contributed by atoms with E-state index < -0.39 is 0 Å². The van der Waals surface area contributed by atoms with Gasteiger partial charge >= 0.3 is 0 Å². The van der Waals surface area contributed by atoms with E-state index in [0.29, 0.717) is 18.2 Å². The number of aromatic amines is 1. The summed E-state index contributed by atoms with van der Waals surface area (Å²) in [5.74, 6) is 1.55. The first-order chi connectivity index (χ1) is 14.2. The largest absolute Gasteiger partial charge is 0.490 e. The summed E-state index contributed by atoms with van der Waals surface area (Å²) in [6.45, 7) is 6.71. The minimum Gasteiger partial charge on any atom is -0.490 e. The molecule has 3 aromatic rings. The lowest BCUT2D eigenvalue weighted by Gasteiger charge is -2.15. The van der Waals surface area contributed by atoms with Crippen molar-refractivity contribution < 1.29 is 9.47 Å². The molecule has 0 aliphatic rings. The van der Waals surface area contributed by atoms with Gasteiger partial charge in [0, 0.05) is 34.8 Å². The maximum Gasteiger partial charge on any atom is 0.164 e. The molecule has 0 saturated carbocycles. The zero-order valence-electron chi connectivity index (χ0n) is 16.5. The molecule has 0 bridgehead atoms. The van der Waals surface area contributed by atoms with Crippen molar-refractivity contribution in [2.24, 2.45) is 0 Å². The Morgan fingerprint density at radius 1 is 1.21 bits per heavy atom. The quantitative estimate of drug-likeness (QED) is 0.321. The first-order valence-electron chi connectivity index (χ1n) is 9.66. The third-order valence-corrected chi connectivity index (χ3v) is 4.62. The summed E-state index contributed by atoms with van der Waals surface area (Å²) in [6, 6.07) is 10.0. The topological polar surface area (TPSA) is 47.1 Å². The van der Waals surface area contributed by atoms with E-state index >= 15 is 0 Å². The lowest BCUT2D eigenvalue weighted by atomic mass is 10.0. The number of hydrogen-bond donors (Lipinski definition) is 1. The molecular formula is C24H25ClN2O2. The third-order valence-electron chi connectivity index (χ3n) is 4.36. The van der Waals surface area contributed by atoms with Crippen molar-refractivity contribution in [2.75, 3.05) is 13.2 Å². The van der Waals surface area contributed by atoms with Crippen molar-refractivity contribution in [3.63, 3.8) is 0 Å².